The Hall–Kier alpha value is -2.01. The Labute approximate surface area is 119 Å². The molecule has 1 amide bonds. The lowest BCUT2D eigenvalue weighted by Gasteiger charge is -2.12. The molecule has 0 unspecified atom stereocenters. The van der Waals surface area contributed by atoms with Crippen LogP contribution in [-0.2, 0) is 9.53 Å². The first kappa shape index (κ1) is 16.0. The Morgan fingerprint density at radius 2 is 2.20 bits per heavy atom. The summed E-state index contributed by atoms with van der Waals surface area (Å²) in [6.45, 7) is 4.87. The maximum atomic E-state index is 11.5. The molecule has 1 rings (SSSR count). The Kier molecular flexibility index (Phi) is 6.59. The van der Waals surface area contributed by atoms with Crippen LogP contribution < -0.4 is 15.8 Å². The molecular formula is C15H22N2O3. The van der Waals surface area contributed by atoms with Crippen molar-refractivity contribution < 1.29 is 14.3 Å². The van der Waals surface area contributed by atoms with Gasteiger partial charge in [-0.3, -0.25) is 4.79 Å². The molecule has 0 fully saturated rings. The van der Waals surface area contributed by atoms with Crippen molar-refractivity contribution in [2.45, 2.75) is 20.0 Å². The third-order valence-electron chi connectivity index (χ3n) is 2.43. The van der Waals surface area contributed by atoms with Crippen molar-refractivity contribution >= 4 is 17.7 Å². The number of hydrogen-bond acceptors (Lipinski definition) is 4. The van der Waals surface area contributed by atoms with Crippen molar-refractivity contribution in [3.8, 4) is 5.75 Å². The highest BCUT2D eigenvalue weighted by atomic mass is 16.5. The van der Waals surface area contributed by atoms with Gasteiger partial charge in [-0.25, -0.2) is 0 Å². The van der Waals surface area contributed by atoms with Crippen molar-refractivity contribution in [1.82, 2.24) is 5.32 Å². The van der Waals surface area contributed by atoms with E-state index in [1.165, 1.54) is 6.08 Å². The van der Waals surface area contributed by atoms with Crippen LogP contribution in [0.25, 0.3) is 6.08 Å². The monoisotopic (exact) mass is 278 g/mol. The van der Waals surface area contributed by atoms with Gasteiger partial charge in [0.2, 0.25) is 5.91 Å². The van der Waals surface area contributed by atoms with Crippen LogP contribution in [0.15, 0.2) is 24.3 Å². The highest BCUT2D eigenvalue weighted by Crippen LogP contribution is 2.24. The Balaban J connectivity index is 2.60. The molecule has 0 atom stereocenters. The van der Waals surface area contributed by atoms with Crippen molar-refractivity contribution in [1.29, 1.82) is 0 Å². The summed E-state index contributed by atoms with van der Waals surface area (Å²) in [6, 6.07) is 5.43. The Morgan fingerprint density at radius 3 is 2.80 bits per heavy atom. The van der Waals surface area contributed by atoms with Crippen LogP contribution >= 0.6 is 0 Å². The zero-order valence-electron chi connectivity index (χ0n) is 12.2. The standard InChI is InChI=1S/C15H22N2O3/c1-11(2)20-14-6-4-12(10-13(14)16)5-7-15(18)17-8-9-19-3/h4-7,10-11H,8-9,16H2,1-3H3,(H,17,18)/b7-5-. The second kappa shape index (κ2) is 8.22. The van der Waals surface area contributed by atoms with Crippen LogP contribution in [0.2, 0.25) is 0 Å². The van der Waals surface area contributed by atoms with Gasteiger partial charge in [-0.2, -0.15) is 0 Å². The molecule has 5 nitrogen and oxygen atoms in total. The average molecular weight is 278 g/mol. The zero-order chi connectivity index (χ0) is 15.0. The minimum atomic E-state index is -0.164. The topological polar surface area (TPSA) is 73.6 Å². The van der Waals surface area contributed by atoms with Crippen LogP contribution in [-0.4, -0.2) is 32.3 Å². The third-order valence-corrected chi connectivity index (χ3v) is 2.43. The number of nitrogen functional groups attached to an aromatic ring is 1. The quantitative estimate of drug-likeness (QED) is 0.453. The number of nitrogens with one attached hydrogen (secondary N) is 1. The van der Waals surface area contributed by atoms with E-state index in [9.17, 15) is 4.79 Å². The molecule has 1 aromatic carbocycles. The lowest BCUT2D eigenvalue weighted by atomic mass is 10.1. The molecular weight excluding hydrogens is 256 g/mol. The molecule has 20 heavy (non-hydrogen) atoms. The summed E-state index contributed by atoms with van der Waals surface area (Å²) in [6.07, 6.45) is 3.25. The van der Waals surface area contributed by atoms with E-state index in [-0.39, 0.29) is 12.0 Å². The number of ether oxygens (including phenoxy) is 2. The van der Waals surface area contributed by atoms with Gasteiger partial charge in [-0.05, 0) is 37.6 Å². The van der Waals surface area contributed by atoms with Gasteiger partial charge in [0.25, 0.3) is 0 Å². The van der Waals surface area contributed by atoms with Crippen molar-refractivity contribution in [3.63, 3.8) is 0 Å². The van der Waals surface area contributed by atoms with Crippen LogP contribution in [0.5, 0.6) is 5.75 Å². The van der Waals surface area contributed by atoms with E-state index >= 15 is 0 Å². The van der Waals surface area contributed by atoms with Gasteiger partial charge < -0.3 is 20.5 Å². The molecule has 0 radical (unpaired) electrons. The fourth-order valence-electron chi connectivity index (χ4n) is 1.54. The Morgan fingerprint density at radius 1 is 1.45 bits per heavy atom. The van der Waals surface area contributed by atoms with Crippen molar-refractivity contribution in [2.75, 3.05) is 26.0 Å². The highest BCUT2D eigenvalue weighted by Gasteiger charge is 2.03. The van der Waals surface area contributed by atoms with E-state index < -0.39 is 0 Å². The van der Waals surface area contributed by atoms with Gasteiger partial charge in [-0.15, -0.1) is 0 Å². The summed E-state index contributed by atoms with van der Waals surface area (Å²) in [5.41, 5.74) is 7.30. The third kappa shape index (κ3) is 5.75. The first-order chi connectivity index (χ1) is 9.52. The molecule has 0 saturated heterocycles. The molecule has 0 bridgehead atoms. The molecule has 0 aromatic heterocycles. The van der Waals surface area contributed by atoms with E-state index in [4.69, 9.17) is 15.2 Å². The van der Waals surface area contributed by atoms with E-state index in [0.29, 0.717) is 24.6 Å². The number of nitrogens with two attached hydrogens (primary N) is 1. The fourth-order valence-corrected chi connectivity index (χ4v) is 1.54. The highest BCUT2D eigenvalue weighted by molar-refractivity contribution is 5.91. The number of rotatable bonds is 7. The van der Waals surface area contributed by atoms with Gasteiger partial charge in [0.05, 0.1) is 18.4 Å². The first-order valence-electron chi connectivity index (χ1n) is 6.54. The largest absolute Gasteiger partial charge is 0.489 e. The molecule has 0 aliphatic heterocycles. The van der Waals surface area contributed by atoms with E-state index in [1.807, 2.05) is 19.9 Å². The predicted octanol–water partition coefficient (Wildman–Crippen LogP) is 1.83. The van der Waals surface area contributed by atoms with Gasteiger partial charge in [0.1, 0.15) is 5.75 Å². The molecule has 0 aliphatic rings. The van der Waals surface area contributed by atoms with Gasteiger partial charge in [0, 0.05) is 19.7 Å². The van der Waals surface area contributed by atoms with E-state index in [0.717, 1.165) is 5.56 Å². The van der Waals surface area contributed by atoms with Gasteiger partial charge >= 0.3 is 0 Å². The lowest BCUT2D eigenvalue weighted by molar-refractivity contribution is -0.116. The zero-order valence-corrected chi connectivity index (χ0v) is 12.2. The molecule has 0 spiro atoms. The second-order valence-electron chi connectivity index (χ2n) is 4.58. The molecule has 3 N–H and O–H groups in total. The van der Waals surface area contributed by atoms with E-state index in [1.54, 1.807) is 25.3 Å². The van der Waals surface area contributed by atoms with Gasteiger partial charge in [0.15, 0.2) is 0 Å². The molecule has 0 heterocycles. The fraction of sp³-hybridized carbons (Fsp3) is 0.400. The number of methoxy groups -OCH3 is 1. The average Bonchev–Trinajstić information content (AvgIpc) is 2.39. The molecule has 0 saturated carbocycles. The number of hydrogen-bond donors (Lipinski definition) is 2. The van der Waals surface area contributed by atoms with Crippen LogP contribution in [0, 0.1) is 0 Å². The van der Waals surface area contributed by atoms with Gasteiger partial charge in [-0.1, -0.05) is 6.07 Å². The maximum Gasteiger partial charge on any atom is 0.244 e. The molecule has 110 valence electrons. The second-order valence-corrected chi connectivity index (χ2v) is 4.58. The van der Waals surface area contributed by atoms with Crippen LogP contribution in [0.4, 0.5) is 5.69 Å². The number of amides is 1. The van der Waals surface area contributed by atoms with Crippen LogP contribution in [0.1, 0.15) is 19.4 Å². The minimum absolute atomic E-state index is 0.0743. The molecule has 5 heteroatoms. The summed E-state index contributed by atoms with van der Waals surface area (Å²) in [7, 11) is 1.59. The SMILES string of the molecule is COCCNC(=O)/C=C\c1ccc(OC(C)C)c(N)c1. The minimum Gasteiger partial charge on any atom is -0.489 e. The number of benzene rings is 1. The summed E-state index contributed by atoms with van der Waals surface area (Å²) in [5.74, 6) is 0.491. The normalized spacial score (nSPS) is 11.0. The Bertz CT molecular complexity index is 470. The summed E-state index contributed by atoms with van der Waals surface area (Å²) in [5, 5.41) is 2.70. The van der Waals surface area contributed by atoms with Crippen molar-refractivity contribution in [3.05, 3.63) is 29.8 Å². The number of carbonyl (C=O) groups excluding carboxylic acids is 1. The lowest BCUT2D eigenvalue weighted by Crippen LogP contribution is -2.24. The summed E-state index contributed by atoms with van der Waals surface area (Å²) >= 11 is 0. The van der Waals surface area contributed by atoms with Crippen molar-refractivity contribution in [2.24, 2.45) is 0 Å². The summed E-state index contributed by atoms with van der Waals surface area (Å²) in [4.78, 5) is 11.5. The smallest absolute Gasteiger partial charge is 0.244 e. The number of anilines is 1. The molecule has 1 aromatic rings. The molecule has 0 aliphatic carbocycles. The summed E-state index contributed by atoms with van der Waals surface area (Å²) < 4.78 is 10.4. The predicted molar refractivity (Wildman–Crippen MR) is 80.5 cm³/mol. The number of carbonyl (C=O) groups is 1. The first-order valence-corrected chi connectivity index (χ1v) is 6.54. The van der Waals surface area contributed by atoms with E-state index in [2.05, 4.69) is 5.32 Å². The maximum absolute atomic E-state index is 11.5. The van der Waals surface area contributed by atoms with Crippen LogP contribution in [0.3, 0.4) is 0 Å².